The number of aromatic carboxylic acids is 1. The van der Waals surface area contributed by atoms with Crippen LogP contribution in [0.25, 0.3) is 11.1 Å². The Balaban J connectivity index is 1.52. The van der Waals surface area contributed by atoms with Gasteiger partial charge in [-0.1, -0.05) is 109 Å². The predicted molar refractivity (Wildman–Crippen MR) is 165 cm³/mol. The molecule has 0 aromatic heterocycles. The number of rotatable bonds is 6. The molecule has 6 aromatic rings. The third-order valence-electron chi connectivity index (χ3n) is 8.09. The summed E-state index contributed by atoms with van der Waals surface area (Å²) in [5, 5.41) is 9.50. The zero-order chi connectivity index (χ0) is 27.8. The van der Waals surface area contributed by atoms with E-state index in [1.807, 2.05) is 30.3 Å². The van der Waals surface area contributed by atoms with Gasteiger partial charge in [-0.25, -0.2) is 4.79 Å². The Kier molecular flexibility index (Phi) is 5.98. The molecule has 1 aliphatic rings. The number of hydrogen-bond donors (Lipinski definition) is 1. The second-order valence-electron chi connectivity index (χ2n) is 10.3. The summed E-state index contributed by atoms with van der Waals surface area (Å²) in [6.07, 6.45) is 0. The average molecular weight is 530 g/mol. The maximum absolute atomic E-state index is 11.6. The standard InChI is InChI=1S/C38H27NO2/c40-37(41)27-20-22-31(23-21-27)39(30-16-8-3-9-17-30)32-24-25-34-33-18-10-11-19-35(33)38(36(34)26-32,28-12-4-1-5-13-28)29-14-6-2-7-15-29/h1-26H,(H,40,41). The van der Waals surface area contributed by atoms with Crippen molar-refractivity contribution in [3.8, 4) is 11.1 Å². The first-order valence-electron chi connectivity index (χ1n) is 13.7. The number of carboxylic acid groups (broad SMARTS) is 1. The highest BCUT2D eigenvalue weighted by atomic mass is 16.4. The third kappa shape index (κ3) is 3.94. The molecule has 3 nitrogen and oxygen atoms in total. The van der Waals surface area contributed by atoms with Gasteiger partial charge >= 0.3 is 5.97 Å². The van der Waals surface area contributed by atoms with Gasteiger partial charge in [0, 0.05) is 17.1 Å². The molecule has 6 aromatic carbocycles. The summed E-state index contributed by atoms with van der Waals surface area (Å²) in [4.78, 5) is 13.8. The topological polar surface area (TPSA) is 40.5 Å². The first-order valence-corrected chi connectivity index (χ1v) is 13.7. The largest absolute Gasteiger partial charge is 0.478 e. The Hall–Kier alpha value is -5.41. The summed E-state index contributed by atoms with van der Waals surface area (Å²) in [6, 6.07) is 54.2. The Bertz CT molecular complexity index is 1810. The number of anilines is 3. The van der Waals surface area contributed by atoms with Crippen LogP contribution in [0.5, 0.6) is 0 Å². The van der Waals surface area contributed by atoms with E-state index in [4.69, 9.17) is 0 Å². The summed E-state index contributed by atoms with van der Waals surface area (Å²) in [5.41, 5.74) is 10.0. The molecule has 0 radical (unpaired) electrons. The lowest BCUT2D eigenvalue weighted by Gasteiger charge is -2.35. The predicted octanol–water partition coefficient (Wildman–Crippen LogP) is 9.22. The molecule has 0 unspecified atom stereocenters. The first-order chi connectivity index (χ1) is 20.2. The van der Waals surface area contributed by atoms with Crippen LogP contribution in [-0.2, 0) is 5.41 Å². The van der Waals surface area contributed by atoms with E-state index in [0.29, 0.717) is 0 Å². The lowest BCUT2D eigenvalue weighted by atomic mass is 9.67. The van der Waals surface area contributed by atoms with Crippen LogP contribution in [-0.4, -0.2) is 11.1 Å². The van der Waals surface area contributed by atoms with Gasteiger partial charge in [-0.15, -0.1) is 0 Å². The van der Waals surface area contributed by atoms with Crippen molar-refractivity contribution in [1.29, 1.82) is 0 Å². The summed E-state index contributed by atoms with van der Waals surface area (Å²) in [5.74, 6) is -0.936. The van der Waals surface area contributed by atoms with Crippen molar-refractivity contribution < 1.29 is 9.90 Å². The molecule has 41 heavy (non-hydrogen) atoms. The van der Waals surface area contributed by atoms with E-state index in [-0.39, 0.29) is 5.56 Å². The Morgan fingerprint density at radius 1 is 0.488 bits per heavy atom. The van der Waals surface area contributed by atoms with Crippen molar-refractivity contribution in [2.45, 2.75) is 5.41 Å². The van der Waals surface area contributed by atoms with Gasteiger partial charge in [0.1, 0.15) is 0 Å². The van der Waals surface area contributed by atoms with Gasteiger partial charge in [0.15, 0.2) is 0 Å². The molecule has 0 fully saturated rings. The van der Waals surface area contributed by atoms with Gasteiger partial charge in [0.05, 0.1) is 11.0 Å². The van der Waals surface area contributed by atoms with Crippen molar-refractivity contribution in [2.75, 3.05) is 4.90 Å². The summed E-state index contributed by atoms with van der Waals surface area (Å²) in [7, 11) is 0. The molecule has 0 aliphatic heterocycles. The number of carbonyl (C=O) groups is 1. The molecular formula is C38H27NO2. The molecule has 0 heterocycles. The van der Waals surface area contributed by atoms with E-state index in [1.54, 1.807) is 12.1 Å². The van der Waals surface area contributed by atoms with E-state index in [2.05, 4.69) is 120 Å². The van der Waals surface area contributed by atoms with Crippen LogP contribution in [0, 0.1) is 0 Å². The SMILES string of the molecule is O=C(O)c1ccc(N(c2ccccc2)c2ccc3c(c2)C(c2ccccc2)(c2ccccc2)c2ccccc2-3)cc1. The molecule has 196 valence electrons. The number of hydrogen-bond acceptors (Lipinski definition) is 2. The lowest BCUT2D eigenvalue weighted by Crippen LogP contribution is -2.28. The monoisotopic (exact) mass is 529 g/mol. The average Bonchev–Trinajstić information content (AvgIpc) is 3.33. The van der Waals surface area contributed by atoms with Crippen LogP contribution in [0.4, 0.5) is 17.1 Å². The van der Waals surface area contributed by atoms with E-state index in [9.17, 15) is 9.90 Å². The van der Waals surface area contributed by atoms with E-state index < -0.39 is 11.4 Å². The minimum absolute atomic E-state index is 0.262. The minimum atomic E-state index is -0.936. The van der Waals surface area contributed by atoms with Crippen molar-refractivity contribution in [2.24, 2.45) is 0 Å². The Morgan fingerprint density at radius 3 is 1.59 bits per heavy atom. The zero-order valence-corrected chi connectivity index (χ0v) is 22.3. The number of nitrogens with zero attached hydrogens (tertiary/aromatic N) is 1. The summed E-state index contributed by atoms with van der Waals surface area (Å²) in [6.45, 7) is 0. The number of para-hydroxylation sites is 1. The van der Waals surface area contributed by atoms with Gasteiger partial charge in [0.2, 0.25) is 0 Å². The van der Waals surface area contributed by atoms with Crippen molar-refractivity contribution >= 4 is 23.0 Å². The van der Waals surface area contributed by atoms with Crippen LogP contribution in [0.3, 0.4) is 0 Å². The molecule has 0 bridgehead atoms. The molecule has 0 amide bonds. The zero-order valence-electron chi connectivity index (χ0n) is 22.3. The van der Waals surface area contributed by atoms with Crippen molar-refractivity contribution in [1.82, 2.24) is 0 Å². The fourth-order valence-electron chi connectivity index (χ4n) is 6.35. The number of carboxylic acids is 1. The molecular weight excluding hydrogens is 502 g/mol. The molecule has 1 aliphatic carbocycles. The summed E-state index contributed by atoms with van der Waals surface area (Å²) >= 11 is 0. The highest BCUT2D eigenvalue weighted by Crippen LogP contribution is 2.57. The third-order valence-corrected chi connectivity index (χ3v) is 8.09. The fraction of sp³-hybridized carbons (Fsp3) is 0.0263. The minimum Gasteiger partial charge on any atom is -0.478 e. The van der Waals surface area contributed by atoms with Gasteiger partial charge < -0.3 is 10.0 Å². The molecule has 0 atom stereocenters. The van der Waals surface area contributed by atoms with Crippen LogP contribution in [0.2, 0.25) is 0 Å². The van der Waals surface area contributed by atoms with Gasteiger partial charge in [-0.05, 0) is 81.9 Å². The van der Waals surface area contributed by atoms with E-state index in [1.165, 1.54) is 33.4 Å². The molecule has 1 N–H and O–H groups in total. The molecule has 0 saturated carbocycles. The van der Waals surface area contributed by atoms with Crippen LogP contribution in [0.15, 0.2) is 158 Å². The maximum atomic E-state index is 11.6. The van der Waals surface area contributed by atoms with Crippen LogP contribution in [0.1, 0.15) is 32.6 Å². The van der Waals surface area contributed by atoms with E-state index >= 15 is 0 Å². The first kappa shape index (κ1) is 24.6. The van der Waals surface area contributed by atoms with Gasteiger partial charge in [0.25, 0.3) is 0 Å². The van der Waals surface area contributed by atoms with Crippen LogP contribution >= 0.6 is 0 Å². The number of fused-ring (bicyclic) bond motifs is 3. The molecule has 3 heteroatoms. The van der Waals surface area contributed by atoms with Crippen LogP contribution < -0.4 is 4.90 Å². The highest BCUT2D eigenvalue weighted by Gasteiger charge is 2.46. The Morgan fingerprint density at radius 2 is 0.976 bits per heavy atom. The number of benzene rings is 6. The smallest absolute Gasteiger partial charge is 0.335 e. The quantitative estimate of drug-likeness (QED) is 0.233. The second kappa shape index (κ2) is 9.96. The summed E-state index contributed by atoms with van der Waals surface area (Å²) < 4.78 is 0. The second-order valence-corrected chi connectivity index (χ2v) is 10.3. The maximum Gasteiger partial charge on any atom is 0.335 e. The fourth-order valence-corrected chi connectivity index (χ4v) is 6.35. The molecule has 0 spiro atoms. The molecule has 7 rings (SSSR count). The van der Waals surface area contributed by atoms with Gasteiger partial charge in [-0.2, -0.15) is 0 Å². The van der Waals surface area contributed by atoms with Crippen molar-refractivity contribution in [3.63, 3.8) is 0 Å². The Labute approximate surface area is 239 Å². The highest BCUT2D eigenvalue weighted by molar-refractivity contribution is 5.91. The normalized spacial score (nSPS) is 12.8. The molecule has 0 saturated heterocycles. The lowest BCUT2D eigenvalue weighted by molar-refractivity contribution is 0.0697. The van der Waals surface area contributed by atoms with Gasteiger partial charge in [-0.3, -0.25) is 0 Å². The van der Waals surface area contributed by atoms with E-state index in [0.717, 1.165) is 17.1 Å². The van der Waals surface area contributed by atoms with Crippen molar-refractivity contribution in [3.05, 3.63) is 186 Å².